The number of benzene rings is 2. The Labute approximate surface area is 185 Å². The molecule has 0 saturated carbocycles. The molecule has 0 saturated heterocycles. The Kier molecular flexibility index (Phi) is 7.78. The molecular weight excluding hydrogens is 414 g/mol. The maximum atomic E-state index is 12.7. The lowest BCUT2D eigenvalue weighted by Gasteiger charge is -2.14. The summed E-state index contributed by atoms with van der Waals surface area (Å²) < 4.78 is 10.9. The van der Waals surface area contributed by atoms with E-state index in [1.807, 2.05) is 6.92 Å². The van der Waals surface area contributed by atoms with Crippen LogP contribution in [0.5, 0.6) is 5.75 Å². The van der Waals surface area contributed by atoms with E-state index in [9.17, 15) is 9.59 Å². The highest BCUT2D eigenvalue weighted by Gasteiger charge is 2.16. The van der Waals surface area contributed by atoms with Crippen LogP contribution in [0.1, 0.15) is 39.8 Å². The first-order chi connectivity index (χ1) is 15.1. The number of rotatable bonds is 8. The Morgan fingerprint density at radius 1 is 0.968 bits per heavy atom. The number of hydrogen-bond donors (Lipinski definition) is 3. The van der Waals surface area contributed by atoms with Gasteiger partial charge in [0.15, 0.2) is 5.11 Å². The van der Waals surface area contributed by atoms with E-state index < -0.39 is 5.91 Å². The Morgan fingerprint density at radius 2 is 1.71 bits per heavy atom. The highest BCUT2D eigenvalue weighted by atomic mass is 32.1. The molecule has 0 spiro atoms. The largest absolute Gasteiger partial charge is 0.493 e. The van der Waals surface area contributed by atoms with Gasteiger partial charge in [-0.2, -0.15) is 0 Å². The number of thiocarbonyl (C=S) groups is 1. The topological polar surface area (TPSA) is 92.6 Å². The average molecular weight is 438 g/mol. The van der Waals surface area contributed by atoms with Gasteiger partial charge in [0.05, 0.1) is 36.2 Å². The van der Waals surface area contributed by atoms with Crippen molar-refractivity contribution in [3.05, 3.63) is 83.8 Å². The van der Waals surface area contributed by atoms with Gasteiger partial charge in [0.2, 0.25) is 0 Å². The highest BCUT2D eigenvalue weighted by Crippen LogP contribution is 2.19. The second-order valence-electron chi connectivity index (χ2n) is 6.56. The molecule has 0 bridgehead atoms. The molecule has 2 aromatic carbocycles. The van der Waals surface area contributed by atoms with Gasteiger partial charge in [-0.25, -0.2) is 0 Å². The minimum absolute atomic E-state index is 0.0709. The molecule has 0 radical (unpaired) electrons. The molecule has 0 aliphatic heterocycles. The summed E-state index contributed by atoms with van der Waals surface area (Å²) in [6.07, 6.45) is 2.37. The Hall–Kier alpha value is -3.65. The summed E-state index contributed by atoms with van der Waals surface area (Å²) in [5.41, 5.74) is 1.24. The molecule has 3 rings (SSSR count). The molecule has 8 heteroatoms. The Morgan fingerprint density at radius 3 is 2.45 bits per heavy atom. The van der Waals surface area contributed by atoms with Crippen molar-refractivity contribution in [2.75, 3.05) is 11.9 Å². The van der Waals surface area contributed by atoms with Crippen molar-refractivity contribution < 1.29 is 18.7 Å². The maximum absolute atomic E-state index is 12.7. The van der Waals surface area contributed by atoms with Crippen LogP contribution in [0, 0.1) is 0 Å². The third-order valence-electron chi connectivity index (χ3n) is 4.24. The molecule has 0 fully saturated rings. The number of ether oxygens (including phenoxy) is 1. The molecule has 0 aliphatic carbocycles. The monoisotopic (exact) mass is 437 g/mol. The average Bonchev–Trinajstić information content (AvgIpc) is 3.30. The van der Waals surface area contributed by atoms with Crippen molar-refractivity contribution in [2.24, 2.45) is 0 Å². The summed E-state index contributed by atoms with van der Waals surface area (Å²) in [5.74, 6) is 0.434. The van der Waals surface area contributed by atoms with Crippen molar-refractivity contribution in [3.63, 3.8) is 0 Å². The zero-order valence-corrected chi connectivity index (χ0v) is 17.8. The van der Waals surface area contributed by atoms with Crippen LogP contribution in [-0.4, -0.2) is 23.5 Å². The molecule has 7 nitrogen and oxygen atoms in total. The maximum Gasteiger partial charge on any atom is 0.261 e. The van der Waals surface area contributed by atoms with E-state index in [2.05, 4.69) is 16.0 Å². The number of nitrogens with one attached hydrogen (secondary N) is 3. The Bertz CT molecular complexity index is 1050. The first kappa shape index (κ1) is 22.0. The van der Waals surface area contributed by atoms with Gasteiger partial charge >= 0.3 is 0 Å². The lowest BCUT2D eigenvalue weighted by molar-refractivity contribution is 0.0947. The number of anilines is 1. The molecule has 3 N–H and O–H groups in total. The molecule has 0 atom stereocenters. The van der Waals surface area contributed by atoms with Gasteiger partial charge in [-0.05, 0) is 55.0 Å². The highest BCUT2D eigenvalue weighted by molar-refractivity contribution is 7.80. The van der Waals surface area contributed by atoms with Gasteiger partial charge in [0.1, 0.15) is 11.5 Å². The first-order valence-electron chi connectivity index (χ1n) is 9.82. The van der Waals surface area contributed by atoms with E-state index in [0.717, 1.165) is 6.42 Å². The van der Waals surface area contributed by atoms with E-state index in [1.54, 1.807) is 66.9 Å². The number of amides is 2. The second kappa shape index (κ2) is 10.9. The van der Waals surface area contributed by atoms with Gasteiger partial charge < -0.3 is 19.8 Å². The summed E-state index contributed by atoms with van der Waals surface area (Å²) in [5, 5.41) is 8.42. The molecule has 160 valence electrons. The molecule has 31 heavy (non-hydrogen) atoms. The van der Waals surface area contributed by atoms with Crippen LogP contribution in [0.15, 0.2) is 71.3 Å². The van der Waals surface area contributed by atoms with Gasteiger partial charge in [0.25, 0.3) is 11.8 Å². The van der Waals surface area contributed by atoms with Crippen LogP contribution in [0.4, 0.5) is 5.69 Å². The third-order valence-corrected chi connectivity index (χ3v) is 4.45. The fourth-order valence-electron chi connectivity index (χ4n) is 2.78. The molecule has 0 unspecified atom stereocenters. The van der Waals surface area contributed by atoms with Crippen molar-refractivity contribution >= 4 is 34.8 Å². The SMILES string of the molecule is CCCOc1ccccc1C(=O)NC(=S)Nc1ccccc1C(=O)NCc1ccco1. The van der Waals surface area contributed by atoms with E-state index in [0.29, 0.717) is 34.9 Å². The molecule has 1 heterocycles. The zero-order chi connectivity index (χ0) is 22.1. The number of furan rings is 1. The number of carbonyl (C=O) groups is 2. The van der Waals surface area contributed by atoms with Crippen molar-refractivity contribution in [2.45, 2.75) is 19.9 Å². The van der Waals surface area contributed by atoms with E-state index in [-0.39, 0.29) is 17.6 Å². The second-order valence-corrected chi connectivity index (χ2v) is 6.97. The summed E-state index contributed by atoms with van der Waals surface area (Å²) in [6.45, 7) is 2.76. The van der Waals surface area contributed by atoms with E-state index in [1.165, 1.54) is 0 Å². The summed E-state index contributed by atoms with van der Waals surface area (Å²) >= 11 is 5.29. The van der Waals surface area contributed by atoms with Crippen LogP contribution in [0.2, 0.25) is 0 Å². The van der Waals surface area contributed by atoms with Crippen LogP contribution in [-0.2, 0) is 6.54 Å². The molecule has 3 aromatic rings. The van der Waals surface area contributed by atoms with E-state index >= 15 is 0 Å². The predicted molar refractivity (Wildman–Crippen MR) is 122 cm³/mol. The molecule has 0 aliphatic rings. The summed E-state index contributed by atoms with van der Waals surface area (Å²) in [6, 6.07) is 17.4. The van der Waals surface area contributed by atoms with Gasteiger partial charge in [0, 0.05) is 0 Å². The lowest BCUT2D eigenvalue weighted by Crippen LogP contribution is -2.35. The van der Waals surface area contributed by atoms with Crippen molar-refractivity contribution in [3.8, 4) is 5.75 Å². The van der Waals surface area contributed by atoms with Crippen LogP contribution < -0.4 is 20.7 Å². The standard InChI is InChI=1S/C23H23N3O4S/c1-2-13-30-20-12-6-4-10-18(20)22(28)26-23(31)25-19-11-5-3-9-17(19)21(27)24-15-16-8-7-14-29-16/h3-12,14H,2,13,15H2,1H3,(H,24,27)(H2,25,26,28,31). The van der Waals surface area contributed by atoms with Crippen LogP contribution in [0.3, 0.4) is 0 Å². The normalized spacial score (nSPS) is 10.2. The number of hydrogen-bond acceptors (Lipinski definition) is 5. The Balaban J connectivity index is 1.64. The van der Waals surface area contributed by atoms with Crippen LogP contribution >= 0.6 is 12.2 Å². The summed E-state index contributed by atoms with van der Waals surface area (Å²) in [7, 11) is 0. The minimum atomic E-state index is -0.399. The lowest BCUT2D eigenvalue weighted by atomic mass is 10.1. The van der Waals surface area contributed by atoms with Gasteiger partial charge in [-0.1, -0.05) is 31.2 Å². The van der Waals surface area contributed by atoms with Crippen molar-refractivity contribution in [1.82, 2.24) is 10.6 Å². The van der Waals surface area contributed by atoms with Gasteiger partial charge in [-0.15, -0.1) is 0 Å². The molecule has 1 aromatic heterocycles. The van der Waals surface area contributed by atoms with Crippen molar-refractivity contribution in [1.29, 1.82) is 0 Å². The zero-order valence-electron chi connectivity index (χ0n) is 17.0. The molecule has 2 amide bonds. The first-order valence-corrected chi connectivity index (χ1v) is 10.2. The quantitative estimate of drug-likeness (QED) is 0.459. The molecular formula is C23H23N3O4S. The fourth-order valence-corrected chi connectivity index (χ4v) is 2.98. The number of para-hydroxylation sites is 2. The smallest absolute Gasteiger partial charge is 0.261 e. The van der Waals surface area contributed by atoms with E-state index in [4.69, 9.17) is 21.4 Å². The fraction of sp³-hybridized carbons (Fsp3) is 0.174. The minimum Gasteiger partial charge on any atom is -0.493 e. The van der Waals surface area contributed by atoms with Crippen LogP contribution in [0.25, 0.3) is 0 Å². The third kappa shape index (κ3) is 6.16. The number of carbonyl (C=O) groups excluding carboxylic acids is 2. The predicted octanol–water partition coefficient (Wildman–Crippen LogP) is 4.13. The van der Waals surface area contributed by atoms with Gasteiger partial charge in [-0.3, -0.25) is 14.9 Å². The summed E-state index contributed by atoms with van der Waals surface area (Å²) in [4.78, 5) is 25.3.